The summed E-state index contributed by atoms with van der Waals surface area (Å²) in [5.74, 6) is -0.686. The second kappa shape index (κ2) is 9.21. The molecule has 4 amide bonds. The van der Waals surface area contributed by atoms with Crippen LogP contribution in [0.4, 0.5) is 10.5 Å². The highest BCUT2D eigenvalue weighted by atomic mass is 35.5. The third-order valence-corrected chi connectivity index (χ3v) is 4.25. The second-order valence-corrected chi connectivity index (χ2v) is 7.33. The molecule has 1 saturated heterocycles. The van der Waals surface area contributed by atoms with Crippen LogP contribution >= 0.6 is 23.2 Å². The van der Waals surface area contributed by atoms with Crippen molar-refractivity contribution in [1.29, 1.82) is 0 Å². The number of anilines is 1. The van der Waals surface area contributed by atoms with Crippen molar-refractivity contribution in [2.45, 2.75) is 38.8 Å². The topological polar surface area (TPSA) is 90.5 Å². The smallest absolute Gasteiger partial charge is 0.321 e. The summed E-state index contributed by atoms with van der Waals surface area (Å²) >= 11 is 11.9. The van der Waals surface area contributed by atoms with Crippen LogP contribution in [0.2, 0.25) is 10.0 Å². The van der Waals surface area contributed by atoms with E-state index in [9.17, 15) is 14.4 Å². The first kappa shape index (κ1) is 20.5. The van der Waals surface area contributed by atoms with E-state index in [0.717, 1.165) is 6.42 Å². The molecule has 1 fully saturated rings. The number of nitrogens with zero attached hydrogens (tertiary/aromatic N) is 1. The van der Waals surface area contributed by atoms with Crippen molar-refractivity contribution in [2.75, 3.05) is 18.4 Å². The van der Waals surface area contributed by atoms with Crippen LogP contribution in [0.3, 0.4) is 0 Å². The largest absolute Gasteiger partial charge is 0.336 e. The summed E-state index contributed by atoms with van der Waals surface area (Å²) in [7, 11) is 0. The van der Waals surface area contributed by atoms with Gasteiger partial charge in [-0.05, 0) is 51.4 Å². The third kappa shape index (κ3) is 6.16. The molecule has 0 radical (unpaired) electrons. The van der Waals surface area contributed by atoms with E-state index in [0.29, 0.717) is 28.7 Å². The van der Waals surface area contributed by atoms with E-state index in [1.807, 2.05) is 0 Å². The normalized spacial score (nSPS) is 17.2. The minimum Gasteiger partial charge on any atom is -0.336 e. The van der Waals surface area contributed by atoms with Crippen molar-refractivity contribution in [2.24, 2.45) is 0 Å². The molecule has 0 saturated carbocycles. The highest BCUT2D eigenvalue weighted by Crippen LogP contribution is 2.24. The minimum absolute atomic E-state index is 0.0279. The average molecular weight is 401 g/mol. The molecule has 1 aromatic carbocycles. The van der Waals surface area contributed by atoms with Crippen molar-refractivity contribution in [3.63, 3.8) is 0 Å². The van der Waals surface area contributed by atoms with Gasteiger partial charge in [0.05, 0.1) is 12.6 Å². The summed E-state index contributed by atoms with van der Waals surface area (Å²) in [6, 6.07) is 3.72. The molecule has 1 atom stereocenters. The number of hydrogen-bond acceptors (Lipinski definition) is 4. The molecule has 0 aromatic heterocycles. The predicted molar refractivity (Wildman–Crippen MR) is 101 cm³/mol. The molecule has 1 heterocycles. The highest BCUT2D eigenvalue weighted by Gasteiger charge is 2.32. The Morgan fingerprint density at radius 1 is 1.19 bits per heavy atom. The van der Waals surface area contributed by atoms with E-state index in [1.165, 1.54) is 0 Å². The molecule has 7 nitrogen and oxygen atoms in total. The molecule has 1 aliphatic heterocycles. The summed E-state index contributed by atoms with van der Waals surface area (Å²) in [4.78, 5) is 37.9. The Kier molecular flexibility index (Phi) is 7.25. The quantitative estimate of drug-likeness (QED) is 0.708. The summed E-state index contributed by atoms with van der Waals surface area (Å²) in [5, 5.41) is 8.47. The first-order valence-corrected chi connectivity index (χ1v) is 9.11. The molecule has 9 heteroatoms. The van der Waals surface area contributed by atoms with Gasteiger partial charge in [-0.2, -0.15) is 0 Å². The molecule has 2 rings (SSSR count). The standard InChI is InChI=1S/C17H22Cl2N4O3/c1-10(2)20-17(26)22-15(24)9-23-5-3-4-14(23)16(25)21-13-7-11(18)6-12(19)8-13/h6-8,10,14H,3-5,9H2,1-2H3,(H,21,25)(H2,20,22,24,26). The number of imide groups is 1. The van der Waals surface area contributed by atoms with Gasteiger partial charge in [-0.1, -0.05) is 23.2 Å². The van der Waals surface area contributed by atoms with Crippen molar-refractivity contribution in [3.05, 3.63) is 28.2 Å². The van der Waals surface area contributed by atoms with Gasteiger partial charge in [0.2, 0.25) is 11.8 Å². The van der Waals surface area contributed by atoms with Crippen LogP contribution < -0.4 is 16.0 Å². The maximum atomic E-state index is 12.5. The zero-order valence-electron chi connectivity index (χ0n) is 14.6. The number of halogens is 2. The Hall–Kier alpha value is -1.83. The first-order valence-electron chi connectivity index (χ1n) is 8.36. The third-order valence-electron chi connectivity index (χ3n) is 3.82. The van der Waals surface area contributed by atoms with Gasteiger partial charge < -0.3 is 10.6 Å². The van der Waals surface area contributed by atoms with Crippen LogP contribution in [0, 0.1) is 0 Å². The molecule has 1 aromatic rings. The lowest BCUT2D eigenvalue weighted by Crippen LogP contribution is -2.49. The van der Waals surface area contributed by atoms with Crippen LogP contribution in [0.5, 0.6) is 0 Å². The van der Waals surface area contributed by atoms with E-state index >= 15 is 0 Å². The number of rotatable bonds is 5. The molecule has 1 unspecified atom stereocenters. The zero-order chi connectivity index (χ0) is 19.3. The number of nitrogens with one attached hydrogen (secondary N) is 3. The molecular weight excluding hydrogens is 379 g/mol. The number of likely N-dealkylation sites (tertiary alicyclic amines) is 1. The first-order chi connectivity index (χ1) is 12.2. The maximum absolute atomic E-state index is 12.5. The van der Waals surface area contributed by atoms with Gasteiger partial charge in [0.15, 0.2) is 0 Å². The van der Waals surface area contributed by atoms with Crippen molar-refractivity contribution >= 4 is 46.7 Å². The van der Waals surface area contributed by atoms with Crippen molar-refractivity contribution in [1.82, 2.24) is 15.5 Å². The van der Waals surface area contributed by atoms with Crippen molar-refractivity contribution < 1.29 is 14.4 Å². The fourth-order valence-electron chi connectivity index (χ4n) is 2.81. The lowest BCUT2D eigenvalue weighted by molar-refractivity contribution is -0.124. The van der Waals surface area contributed by atoms with Crippen molar-refractivity contribution in [3.8, 4) is 0 Å². The van der Waals surface area contributed by atoms with Gasteiger partial charge in [-0.15, -0.1) is 0 Å². The van der Waals surface area contributed by atoms with Gasteiger partial charge in [0.1, 0.15) is 0 Å². The van der Waals surface area contributed by atoms with E-state index in [1.54, 1.807) is 36.9 Å². The minimum atomic E-state index is -0.543. The Morgan fingerprint density at radius 2 is 1.85 bits per heavy atom. The van der Waals surface area contributed by atoms with E-state index in [4.69, 9.17) is 23.2 Å². The Labute approximate surface area is 162 Å². The maximum Gasteiger partial charge on any atom is 0.321 e. The summed E-state index contributed by atoms with van der Waals surface area (Å²) in [6.45, 7) is 4.17. The molecule has 142 valence electrons. The predicted octanol–water partition coefficient (Wildman–Crippen LogP) is 2.63. The van der Waals surface area contributed by atoms with E-state index in [2.05, 4.69) is 16.0 Å². The van der Waals surface area contributed by atoms with E-state index in [-0.39, 0.29) is 18.5 Å². The van der Waals surface area contributed by atoms with Gasteiger partial charge in [-0.25, -0.2) is 4.79 Å². The number of hydrogen-bond donors (Lipinski definition) is 3. The second-order valence-electron chi connectivity index (χ2n) is 6.45. The molecule has 3 N–H and O–H groups in total. The zero-order valence-corrected chi connectivity index (χ0v) is 16.2. The van der Waals surface area contributed by atoms with Crippen LogP contribution in [0.15, 0.2) is 18.2 Å². The number of benzene rings is 1. The lowest BCUT2D eigenvalue weighted by Gasteiger charge is -2.23. The Bertz CT molecular complexity index is 676. The lowest BCUT2D eigenvalue weighted by atomic mass is 10.2. The van der Waals surface area contributed by atoms with Gasteiger partial charge in [0.25, 0.3) is 0 Å². The van der Waals surface area contributed by atoms with Gasteiger partial charge in [-0.3, -0.25) is 19.8 Å². The fraction of sp³-hybridized carbons (Fsp3) is 0.471. The SMILES string of the molecule is CC(C)NC(=O)NC(=O)CN1CCCC1C(=O)Nc1cc(Cl)cc(Cl)c1. The fourth-order valence-corrected chi connectivity index (χ4v) is 3.34. The molecule has 1 aliphatic rings. The number of amides is 4. The molecule has 26 heavy (non-hydrogen) atoms. The number of urea groups is 1. The van der Waals surface area contributed by atoms with Crippen LogP contribution in [-0.4, -0.2) is 47.9 Å². The summed E-state index contributed by atoms with van der Waals surface area (Å²) < 4.78 is 0. The highest BCUT2D eigenvalue weighted by molar-refractivity contribution is 6.35. The number of carbonyl (C=O) groups excluding carboxylic acids is 3. The molecular formula is C17H22Cl2N4O3. The number of carbonyl (C=O) groups is 3. The van der Waals surface area contributed by atoms with Crippen LogP contribution in [0.1, 0.15) is 26.7 Å². The average Bonchev–Trinajstić information content (AvgIpc) is 2.92. The van der Waals surface area contributed by atoms with Gasteiger partial charge in [0, 0.05) is 21.8 Å². The summed E-state index contributed by atoms with van der Waals surface area (Å²) in [5.41, 5.74) is 0.500. The van der Waals surface area contributed by atoms with Crippen LogP contribution in [-0.2, 0) is 9.59 Å². The monoisotopic (exact) mass is 400 g/mol. The van der Waals surface area contributed by atoms with E-state index < -0.39 is 18.0 Å². The molecule has 0 aliphatic carbocycles. The molecule has 0 bridgehead atoms. The Morgan fingerprint density at radius 3 is 2.46 bits per heavy atom. The summed E-state index contributed by atoms with van der Waals surface area (Å²) in [6.07, 6.45) is 1.42. The van der Waals surface area contributed by atoms with Crippen LogP contribution in [0.25, 0.3) is 0 Å². The Balaban J connectivity index is 1.93. The molecule has 0 spiro atoms. The van der Waals surface area contributed by atoms with Gasteiger partial charge >= 0.3 is 6.03 Å².